The number of rotatable bonds is 11. The van der Waals surface area contributed by atoms with E-state index in [0.717, 1.165) is 86.3 Å². The maximum Gasteiger partial charge on any atom is 0.141 e. The maximum atomic E-state index is 13.0. The molecule has 0 amide bonds. The van der Waals surface area contributed by atoms with Crippen molar-refractivity contribution in [3.05, 3.63) is 197 Å². The van der Waals surface area contributed by atoms with Gasteiger partial charge in [0.15, 0.2) is 0 Å². The molecule has 0 aliphatic heterocycles. The molecule has 2 aromatic heterocycles. The molecule has 0 saturated carbocycles. The number of anilines is 3. The summed E-state index contributed by atoms with van der Waals surface area (Å²) in [5.41, 5.74) is 8.07. The van der Waals surface area contributed by atoms with Gasteiger partial charge in [0.05, 0.1) is 0 Å². The number of aliphatic hydroxyl groups is 2. The molecule has 0 spiro atoms. The monoisotopic (exact) mass is 757 g/mol. The van der Waals surface area contributed by atoms with Crippen molar-refractivity contribution in [2.45, 2.75) is 18.1 Å². The zero-order valence-electron chi connectivity index (χ0n) is 31.2. The van der Waals surface area contributed by atoms with Gasteiger partial charge in [0.2, 0.25) is 0 Å². The summed E-state index contributed by atoms with van der Waals surface area (Å²) in [7, 11) is 5.69. The Labute approximate surface area is 330 Å². The van der Waals surface area contributed by atoms with Crippen molar-refractivity contribution in [3.8, 4) is 20.9 Å². The lowest BCUT2D eigenvalue weighted by Crippen LogP contribution is -2.29. The van der Waals surface area contributed by atoms with E-state index in [4.69, 9.17) is 0 Å². The van der Waals surface area contributed by atoms with Gasteiger partial charge in [0.1, 0.15) is 11.2 Å². The Hall–Kier alpha value is -5.70. The van der Waals surface area contributed by atoms with Crippen LogP contribution in [-0.4, -0.2) is 31.4 Å². The summed E-state index contributed by atoms with van der Waals surface area (Å²) in [5, 5.41) is 35.5. The molecular formula is C48H43N3O2S2. The molecule has 5 N–H and O–H groups in total. The molecule has 274 valence electrons. The van der Waals surface area contributed by atoms with Crippen molar-refractivity contribution in [1.29, 1.82) is 0 Å². The van der Waals surface area contributed by atoms with Crippen LogP contribution in [0.4, 0.5) is 17.1 Å². The highest BCUT2D eigenvalue weighted by Crippen LogP contribution is 2.49. The summed E-state index contributed by atoms with van der Waals surface area (Å²) < 4.78 is 2.30. The number of fused-ring (bicyclic) bond motifs is 1. The summed E-state index contributed by atoms with van der Waals surface area (Å²) >= 11 is 3.44. The first kappa shape index (κ1) is 36.3. The lowest BCUT2D eigenvalue weighted by atomic mass is 9.78. The third-order valence-electron chi connectivity index (χ3n) is 10.6. The molecule has 55 heavy (non-hydrogen) atoms. The molecule has 5 nitrogen and oxygen atoms in total. The Morgan fingerprint density at radius 2 is 0.727 bits per heavy atom. The van der Waals surface area contributed by atoms with Crippen molar-refractivity contribution < 1.29 is 10.2 Å². The van der Waals surface area contributed by atoms with Gasteiger partial charge in [-0.3, -0.25) is 0 Å². The number of hydrogen-bond donors (Lipinski definition) is 5. The Kier molecular flexibility index (Phi) is 9.80. The first-order valence-corrected chi connectivity index (χ1v) is 20.0. The van der Waals surface area contributed by atoms with Crippen molar-refractivity contribution in [1.82, 2.24) is 0 Å². The quantitative estimate of drug-likeness (QED) is 0.0850. The molecule has 0 bridgehead atoms. The van der Waals surface area contributed by atoms with Crippen LogP contribution in [0, 0.1) is 6.92 Å². The summed E-state index contributed by atoms with van der Waals surface area (Å²) in [6, 6.07) is 53.1. The average molecular weight is 758 g/mol. The molecule has 8 aromatic rings. The number of thiophene rings is 2. The van der Waals surface area contributed by atoms with Crippen LogP contribution in [0.15, 0.2) is 158 Å². The molecule has 1 unspecified atom stereocenters. The highest BCUT2D eigenvalue weighted by atomic mass is 32.1. The van der Waals surface area contributed by atoms with E-state index < -0.39 is 11.2 Å². The Balaban J connectivity index is 1.23. The first-order chi connectivity index (χ1) is 26.8. The fourth-order valence-corrected chi connectivity index (χ4v) is 9.99. The highest BCUT2D eigenvalue weighted by molar-refractivity contribution is 7.31. The van der Waals surface area contributed by atoms with Crippen LogP contribution in [-0.2, 0) is 11.2 Å². The summed E-state index contributed by atoms with van der Waals surface area (Å²) in [6.07, 6.45) is 0. The maximum absolute atomic E-state index is 13.0. The Morgan fingerprint density at radius 3 is 1.05 bits per heavy atom. The van der Waals surface area contributed by atoms with Crippen molar-refractivity contribution in [2.75, 3.05) is 37.1 Å². The zero-order chi connectivity index (χ0) is 38.2. The van der Waals surface area contributed by atoms with Gasteiger partial charge in [0.25, 0.3) is 0 Å². The first-order valence-electron chi connectivity index (χ1n) is 18.4. The largest absolute Gasteiger partial charge is 0.388 e. The Bertz CT molecular complexity index is 2490. The average Bonchev–Trinajstić information content (AvgIpc) is 3.84. The second kappa shape index (κ2) is 14.9. The predicted octanol–water partition coefficient (Wildman–Crippen LogP) is 11.3. The second-order valence-corrected chi connectivity index (χ2v) is 16.0. The fourth-order valence-electron chi connectivity index (χ4n) is 7.51. The van der Waals surface area contributed by atoms with E-state index in [0.29, 0.717) is 0 Å². The molecule has 0 fully saturated rings. The van der Waals surface area contributed by atoms with Gasteiger partial charge in [-0.05, 0) is 88.8 Å². The molecule has 0 radical (unpaired) electrons. The lowest BCUT2D eigenvalue weighted by molar-refractivity contribution is 0.126. The van der Waals surface area contributed by atoms with Crippen LogP contribution in [0.2, 0.25) is 0 Å². The van der Waals surface area contributed by atoms with Gasteiger partial charge in [-0.2, -0.15) is 0 Å². The fraction of sp³-hybridized carbons (Fsp3) is 0.125. The summed E-state index contributed by atoms with van der Waals surface area (Å²) in [4.78, 5) is 2.16. The number of nitrogens with one attached hydrogen (secondary N) is 3. The van der Waals surface area contributed by atoms with Crippen molar-refractivity contribution in [2.24, 2.45) is 0 Å². The second-order valence-electron chi connectivity index (χ2n) is 13.8. The molecule has 0 aliphatic carbocycles. The van der Waals surface area contributed by atoms with Gasteiger partial charge in [-0.1, -0.05) is 115 Å². The van der Waals surface area contributed by atoms with E-state index in [9.17, 15) is 10.2 Å². The minimum Gasteiger partial charge on any atom is -0.388 e. The van der Waals surface area contributed by atoms with Crippen LogP contribution >= 0.6 is 22.7 Å². The third kappa shape index (κ3) is 6.49. The van der Waals surface area contributed by atoms with E-state index in [1.165, 1.54) is 0 Å². The van der Waals surface area contributed by atoms with Crippen LogP contribution in [0.3, 0.4) is 0 Å². The molecule has 0 saturated heterocycles. The normalized spacial score (nSPS) is 12.7. The van der Waals surface area contributed by atoms with Gasteiger partial charge in [-0.25, -0.2) is 0 Å². The SMILES string of the molecule is CNc1ccc(C(O)(c2ccc(C)cc2)c2ccccc2-c2cc3sc(-c4ccccc4C(O)(c4ccc(NC)cc4)c4ccc(NC)cc4)cc3s2)cc1. The van der Waals surface area contributed by atoms with Crippen LogP contribution in [0.1, 0.15) is 38.9 Å². The molecule has 6 aromatic carbocycles. The molecule has 8 rings (SSSR count). The summed E-state index contributed by atoms with van der Waals surface area (Å²) in [6.45, 7) is 2.06. The predicted molar refractivity (Wildman–Crippen MR) is 234 cm³/mol. The van der Waals surface area contributed by atoms with Crippen molar-refractivity contribution in [3.63, 3.8) is 0 Å². The molecule has 1 atom stereocenters. The third-order valence-corrected chi connectivity index (χ3v) is 13.0. The minimum absolute atomic E-state index is 0.787. The number of benzene rings is 6. The van der Waals surface area contributed by atoms with Crippen LogP contribution in [0.25, 0.3) is 30.3 Å². The zero-order valence-corrected chi connectivity index (χ0v) is 32.9. The smallest absolute Gasteiger partial charge is 0.141 e. The van der Waals surface area contributed by atoms with Gasteiger partial charge < -0.3 is 26.2 Å². The van der Waals surface area contributed by atoms with E-state index in [1.807, 2.05) is 142 Å². The van der Waals surface area contributed by atoms with Gasteiger partial charge in [-0.15, -0.1) is 22.7 Å². The minimum atomic E-state index is -1.41. The molecule has 2 heterocycles. The van der Waals surface area contributed by atoms with Gasteiger partial charge >= 0.3 is 0 Å². The summed E-state index contributed by atoms with van der Waals surface area (Å²) in [5.74, 6) is 0. The van der Waals surface area contributed by atoms with E-state index in [-0.39, 0.29) is 0 Å². The molecular weight excluding hydrogens is 715 g/mol. The Morgan fingerprint density at radius 1 is 0.418 bits per heavy atom. The van der Waals surface area contributed by atoms with Crippen molar-refractivity contribution >= 4 is 49.1 Å². The standard InChI is InChI=1S/C48H43N3O2S2/c1-31-13-15-32(16-14-31)47(52,33-17-23-36(49-2)24-18-33)41-11-7-5-9-39(41)43-29-45-46(54-43)30-44(55-45)40-10-6-8-12-42(40)48(53,34-19-25-37(50-3)26-20-34)35-21-27-38(51-4)28-22-35/h5-30,49-53H,1-4H3. The lowest BCUT2D eigenvalue weighted by Gasteiger charge is -2.32. The van der Waals surface area contributed by atoms with Crippen LogP contribution in [0.5, 0.6) is 0 Å². The van der Waals surface area contributed by atoms with E-state index in [1.54, 1.807) is 22.7 Å². The highest BCUT2D eigenvalue weighted by Gasteiger charge is 2.38. The van der Waals surface area contributed by atoms with E-state index in [2.05, 4.69) is 59.3 Å². The van der Waals surface area contributed by atoms with Gasteiger partial charge in [0, 0.05) is 68.5 Å². The van der Waals surface area contributed by atoms with Crippen LogP contribution < -0.4 is 16.0 Å². The molecule has 0 aliphatic rings. The number of hydrogen-bond acceptors (Lipinski definition) is 7. The van der Waals surface area contributed by atoms with E-state index >= 15 is 0 Å². The number of aryl methyl sites for hydroxylation is 1. The molecule has 7 heteroatoms. The topological polar surface area (TPSA) is 76.5 Å².